The van der Waals surface area contributed by atoms with Gasteiger partial charge >= 0.3 is 0 Å². The van der Waals surface area contributed by atoms with Gasteiger partial charge in [0.2, 0.25) is 0 Å². The Morgan fingerprint density at radius 1 is 0.880 bits per heavy atom. The van der Waals surface area contributed by atoms with Crippen molar-refractivity contribution in [2.45, 2.75) is 18.9 Å². The number of Topliss-reactive ketones (excluding diaryl/α,β-unsaturated/α-hetero) is 1. The summed E-state index contributed by atoms with van der Waals surface area (Å²) in [5, 5.41) is 8.60. The van der Waals surface area contributed by atoms with E-state index in [0.717, 1.165) is 32.6 Å². The van der Waals surface area contributed by atoms with Crippen LogP contribution in [0.4, 0.5) is 0 Å². The van der Waals surface area contributed by atoms with Crippen LogP contribution in [-0.4, -0.2) is 42.9 Å². The van der Waals surface area contributed by atoms with Crippen LogP contribution in [0.25, 0.3) is 21.5 Å². The summed E-state index contributed by atoms with van der Waals surface area (Å²) < 4.78 is 0. The third-order valence-electron chi connectivity index (χ3n) is 5.86. The van der Waals surface area contributed by atoms with Crippen LogP contribution in [0, 0.1) is 0 Å². The predicted molar refractivity (Wildman–Crippen MR) is 102 cm³/mol. The maximum atomic E-state index is 12.7. The van der Waals surface area contributed by atoms with Gasteiger partial charge in [-0.1, -0.05) is 48.5 Å². The average molecular weight is 330 g/mol. The summed E-state index contributed by atoms with van der Waals surface area (Å²) in [6, 6.07) is 17.5. The molecule has 1 N–H and O–H groups in total. The number of hydrogen-bond donors (Lipinski definition) is 1. The van der Waals surface area contributed by atoms with Gasteiger partial charge in [-0.25, -0.2) is 0 Å². The molecular weight excluding hydrogens is 308 g/mol. The van der Waals surface area contributed by atoms with Gasteiger partial charge in [-0.05, 0) is 39.1 Å². The summed E-state index contributed by atoms with van der Waals surface area (Å²) in [5.74, 6) is 0.384. The largest absolute Gasteiger partial charge is 0.314 e. The smallest absolute Gasteiger partial charge is 0.154 e. The van der Waals surface area contributed by atoms with Crippen molar-refractivity contribution in [1.82, 2.24) is 10.2 Å². The van der Waals surface area contributed by atoms with Crippen LogP contribution in [0.15, 0.2) is 48.5 Å². The van der Waals surface area contributed by atoms with Crippen LogP contribution in [-0.2, 0) is 17.6 Å². The first-order valence-corrected chi connectivity index (χ1v) is 9.21. The fourth-order valence-electron chi connectivity index (χ4n) is 4.54. The molecule has 5 rings (SSSR count). The highest BCUT2D eigenvalue weighted by Crippen LogP contribution is 2.33. The monoisotopic (exact) mass is 330 g/mol. The van der Waals surface area contributed by atoms with Crippen LogP contribution >= 0.6 is 0 Å². The molecule has 1 aliphatic heterocycles. The summed E-state index contributed by atoms with van der Waals surface area (Å²) in [4.78, 5) is 15.1. The molecule has 3 heteroatoms. The normalized spacial score (nSPS) is 21.6. The van der Waals surface area contributed by atoms with Crippen molar-refractivity contribution in [2.75, 3.05) is 26.2 Å². The lowest BCUT2D eigenvalue weighted by molar-refractivity contribution is -0.124. The van der Waals surface area contributed by atoms with Crippen molar-refractivity contribution in [3.05, 3.63) is 59.7 Å². The van der Waals surface area contributed by atoms with Crippen molar-refractivity contribution in [3.8, 4) is 0 Å². The second kappa shape index (κ2) is 5.94. The Balaban J connectivity index is 1.64. The second-order valence-electron chi connectivity index (χ2n) is 7.23. The Bertz CT molecular complexity index is 972. The number of piperazine rings is 1. The molecule has 1 atom stereocenters. The zero-order valence-electron chi connectivity index (χ0n) is 14.3. The Morgan fingerprint density at radius 2 is 1.68 bits per heavy atom. The second-order valence-corrected chi connectivity index (χ2v) is 7.23. The molecule has 126 valence electrons. The molecule has 1 heterocycles. The molecule has 1 aliphatic carbocycles. The van der Waals surface area contributed by atoms with Gasteiger partial charge in [-0.2, -0.15) is 0 Å². The first-order valence-electron chi connectivity index (χ1n) is 9.21. The van der Waals surface area contributed by atoms with Gasteiger partial charge in [0.15, 0.2) is 5.78 Å². The Labute approximate surface area is 147 Å². The lowest BCUT2D eigenvalue weighted by atomic mass is 9.82. The zero-order valence-corrected chi connectivity index (χ0v) is 14.3. The Morgan fingerprint density at radius 3 is 2.56 bits per heavy atom. The zero-order chi connectivity index (χ0) is 16.8. The number of rotatable bonds is 1. The van der Waals surface area contributed by atoms with Crippen molar-refractivity contribution in [2.24, 2.45) is 0 Å². The first-order chi connectivity index (χ1) is 12.3. The van der Waals surface area contributed by atoms with E-state index in [1.165, 1.54) is 32.7 Å². The van der Waals surface area contributed by atoms with Gasteiger partial charge in [0.1, 0.15) is 0 Å². The molecule has 1 saturated heterocycles. The van der Waals surface area contributed by atoms with Crippen molar-refractivity contribution >= 4 is 27.3 Å². The summed E-state index contributed by atoms with van der Waals surface area (Å²) in [6.07, 6.45) is 1.43. The minimum atomic E-state index is 0.0478. The van der Waals surface area contributed by atoms with Gasteiger partial charge in [-0.15, -0.1) is 0 Å². The van der Waals surface area contributed by atoms with Gasteiger partial charge in [0.25, 0.3) is 0 Å². The molecule has 3 aromatic rings. The summed E-state index contributed by atoms with van der Waals surface area (Å²) in [6.45, 7) is 3.91. The molecular formula is C22H22N2O. The van der Waals surface area contributed by atoms with Crippen LogP contribution in [0.1, 0.15) is 11.1 Å². The molecule has 0 spiro atoms. The fourth-order valence-corrected chi connectivity index (χ4v) is 4.54. The van der Waals surface area contributed by atoms with E-state index in [9.17, 15) is 4.79 Å². The van der Waals surface area contributed by atoms with Gasteiger partial charge in [0, 0.05) is 32.6 Å². The average Bonchev–Trinajstić information content (AvgIpc) is 2.67. The summed E-state index contributed by atoms with van der Waals surface area (Å²) in [5.41, 5.74) is 2.60. The molecule has 3 aromatic carbocycles. The maximum absolute atomic E-state index is 12.7. The topological polar surface area (TPSA) is 32.3 Å². The number of carbonyl (C=O) groups excluding carboxylic acids is 1. The number of nitrogens with one attached hydrogen (secondary N) is 1. The lowest BCUT2D eigenvalue weighted by Gasteiger charge is -2.37. The van der Waals surface area contributed by atoms with Crippen LogP contribution in [0.3, 0.4) is 0 Å². The van der Waals surface area contributed by atoms with E-state index < -0.39 is 0 Å². The first kappa shape index (κ1) is 15.1. The van der Waals surface area contributed by atoms with E-state index in [4.69, 9.17) is 0 Å². The predicted octanol–water partition coefficient (Wildman–Crippen LogP) is 2.93. The molecule has 2 aliphatic rings. The van der Waals surface area contributed by atoms with Crippen molar-refractivity contribution in [3.63, 3.8) is 0 Å². The fraction of sp³-hybridized carbons (Fsp3) is 0.318. The van der Waals surface area contributed by atoms with Crippen LogP contribution in [0.2, 0.25) is 0 Å². The number of ketones is 1. The van der Waals surface area contributed by atoms with Crippen LogP contribution in [0.5, 0.6) is 0 Å². The highest BCUT2D eigenvalue weighted by atomic mass is 16.1. The molecule has 1 fully saturated rings. The van der Waals surface area contributed by atoms with Crippen molar-refractivity contribution in [1.29, 1.82) is 0 Å². The Kier molecular flexibility index (Phi) is 3.58. The molecule has 0 aromatic heterocycles. The summed E-state index contributed by atoms with van der Waals surface area (Å²) >= 11 is 0. The molecule has 1 unspecified atom stereocenters. The quantitative estimate of drug-likeness (QED) is 0.696. The molecule has 0 radical (unpaired) electrons. The number of benzene rings is 3. The molecule has 3 nitrogen and oxygen atoms in total. The van der Waals surface area contributed by atoms with E-state index in [-0.39, 0.29) is 6.04 Å². The lowest BCUT2D eigenvalue weighted by Crippen LogP contribution is -2.53. The molecule has 25 heavy (non-hydrogen) atoms. The van der Waals surface area contributed by atoms with E-state index in [0.29, 0.717) is 12.2 Å². The number of carbonyl (C=O) groups is 1. The highest BCUT2D eigenvalue weighted by Gasteiger charge is 2.32. The number of nitrogens with zero attached hydrogens (tertiary/aromatic N) is 1. The maximum Gasteiger partial charge on any atom is 0.154 e. The standard InChI is InChI=1S/C22H22N2O/c25-22-13-16-6-8-18-17-4-2-1-3-15(17)5-7-19(18)20(16)14-21(22)24-11-9-23-10-12-24/h1-8,21,23H,9-14H2. The third-order valence-corrected chi connectivity index (χ3v) is 5.86. The number of hydrogen-bond acceptors (Lipinski definition) is 3. The molecule has 0 saturated carbocycles. The highest BCUT2D eigenvalue weighted by molar-refractivity contribution is 6.09. The van der Waals surface area contributed by atoms with Crippen LogP contribution < -0.4 is 5.32 Å². The minimum Gasteiger partial charge on any atom is -0.314 e. The molecule has 0 amide bonds. The Hall–Kier alpha value is -2.23. The van der Waals surface area contributed by atoms with E-state index in [1.807, 2.05) is 0 Å². The van der Waals surface area contributed by atoms with Crippen molar-refractivity contribution < 1.29 is 4.79 Å². The van der Waals surface area contributed by atoms with Gasteiger partial charge in [0.05, 0.1) is 6.04 Å². The van der Waals surface area contributed by atoms with Gasteiger partial charge < -0.3 is 5.32 Å². The van der Waals surface area contributed by atoms with E-state index in [1.54, 1.807) is 0 Å². The molecule has 0 bridgehead atoms. The van der Waals surface area contributed by atoms with Gasteiger partial charge in [-0.3, -0.25) is 9.69 Å². The number of fused-ring (bicyclic) bond motifs is 5. The third kappa shape index (κ3) is 2.46. The van der Waals surface area contributed by atoms with E-state index >= 15 is 0 Å². The van der Waals surface area contributed by atoms with E-state index in [2.05, 4.69) is 58.7 Å². The minimum absolute atomic E-state index is 0.0478. The summed E-state index contributed by atoms with van der Waals surface area (Å²) in [7, 11) is 0. The SMILES string of the molecule is O=C1Cc2ccc3c(ccc4ccccc43)c2CC1N1CCNCC1.